The largest absolute Gasteiger partial charge is 0.478 e. The summed E-state index contributed by atoms with van der Waals surface area (Å²) in [7, 11) is 0. The minimum absolute atomic E-state index is 0.463. The molecule has 0 aromatic carbocycles. The molecule has 1 aromatic rings. The Morgan fingerprint density at radius 2 is 1.83 bits per heavy atom. The maximum atomic E-state index is 5.43. The molecule has 0 unspecified atom stereocenters. The van der Waals surface area contributed by atoms with Gasteiger partial charge in [0, 0.05) is 11.8 Å². The van der Waals surface area contributed by atoms with Crippen LogP contribution < -0.4 is 10.5 Å². The van der Waals surface area contributed by atoms with Gasteiger partial charge in [-0.15, -0.1) is 0 Å². The molecule has 1 rings (SSSR count). The Balaban J connectivity index is 0.000000494. The first kappa shape index (κ1) is 16.9. The first-order valence-electron chi connectivity index (χ1n) is 6.81. The fraction of sp³-hybridized carbons (Fsp3) is 0.667. The second kappa shape index (κ2) is 9.89. The average molecular weight is 252 g/mol. The molecule has 0 saturated heterocycles. The van der Waals surface area contributed by atoms with Gasteiger partial charge in [-0.25, -0.2) is 4.98 Å². The van der Waals surface area contributed by atoms with Crippen LogP contribution in [0.5, 0.6) is 5.88 Å². The van der Waals surface area contributed by atoms with Crippen LogP contribution in [0.2, 0.25) is 0 Å². The quantitative estimate of drug-likeness (QED) is 0.871. The van der Waals surface area contributed by atoms with Gasteiger partial charge in [0.25, 0.3) is 0 Å². The zero-order chi connectivity index (χ0) is 14.0. The molecule has 3 heteroatoms. The number of ether oxygens (including phenoxy) is 1. The van der Waals surface area contributed by atoms with Gasteiger partial charge in [0.15, 0.2) is 0 Å². The Morgan fingerprint density at radius 3 is 2.28 bits per heavy atom. The predicted molar refractivity (Wildman–Crippen MR) is 78.0 cm³/mol. The normalized spacial score (nSPS) is 10.2. The highest BCUT2D eigenvalue weighted by Gasteiger charge is 2.01. The average Bonchev–Trinajstić information content (AvgIpc) is 2.37. The third-order valence-electron chi connectivity index (χ3n) is 2.26. The van der Waals surface area contributed by atoms with Gasteiger partial charge in [0.1, 0.15) is 0 Å². The Morgan fingerprint density at radius 1 is 1.22 bits per heavy atom. The molecule has 0 aliphatic heterocycles. The summed E-state index contributed by atoms with van der Waals surface area (Å²) >= 11 is 0. The van der Waals surface area contributed by atoms with Crippen LogP contribution in [0.25, 0.3) is 0 Å². The zero-order valence-electron chi connectivity index (χ0n) is 12.4. The number of hydrogen-bond donors (Lipinski definition) is 1. The van der Waals surface area contributed by atoms with Crippen molar-refractivity contribution in [3.8, 4) is 5.88 Å². The van der Waals surface area contributed by atoms with Gasteiger partial charge in [-0.1, -0.05) is 40.7 Å². The van der Waals surface area contributed by atoms with Crippen molar-refractivity contribution in [2.75, 3.05) is 13.2 Å². The molecule has 0 spiro atoms. The van der Waals surface area contributed by atoms with Crippen LogP contribution in [0.4, 0.5) is 0 Å². The predicted octanol–water partition coefficient (Wildman–Crippen LogP) is 3.59. The molecule has 18 heavy (non-hydrogen) atoms. The summed E-state index contributed by atoms with van der Waals surface area (Å²) < 4.78 is 5.43. The molecular formula is C15H28N2O. The Bertz CT molecular complexity index is 311. The molecule has 0 bridgehead atoms. The fourth-order valence-electron chi connectivity index (χ4n) is 1.04. The molecule has 0 fully saturated rings. The van der Waals surface area contributed by atoms with Crippen LogP contribution in [-0.2, 0) is 0 Å². The number of hydrogen-bond acceptors (Lipinski definition) is 3. The lowest BCUT2D eigenvalue weighted by molar-refractivity contribution is 0.304. The summed E-state index contributed by atoms with van der Waals surface area (Å²) in [5.41, 5.74) is 6.26. The lowest BCUT2D eigenvalue weighted by atomic mass is 10.1. The van der Waals surface area contributed by atoms with Crippen molar-refractivity contribution in [1.82, 2.24) is 4.98 Å². The van der Waals surface area contributed by atoms with E-state index in [9.17, 15) is 0 Å². The van der Waals surface area contributed by atoms with E-state index >= 15 is 0 Å². The maximum absolute atomic E-state index is 5.43. The van der Waals surface area contributed by atoms with Crippen LogP contribution in [0.3, 0.4) is 0 Å². The molecule has 0 saturated carbocycles. The van der Waals surface area contributed by atoms with Crippen molar-refractivity contribution in [2.24, 2.45) is 11.7 Å². The van der Waals surface area contributed by atoms with E-state index in [1.807, 2.05) is 18.2 Å². The summed E-state index contributed by atoms with van der Waals surface area (Å²) in [6.45, 7) is 12.1. The molecule has 0 amide bonds. The van der Waals surface area contributed by atoms with E-state index in [-0.39, 0.29) is 0 Å². The van der Waals surface area contributed by atoms with E-state index in [2.05, 4.69) is 39.6 Å². The molecule has 0 aliphatic carbocycles. The third kappa shape index (κ3) is 8.07. The highest BCUT2D eigenvalue weighted by atomic mass is 16.5. The molecule has 104 valence electrons. The highest BCUT2D eigenvalue weighted by Crippen LogP contribution is 2.15. The second-order valence-corrected chi connectivity index (χ2v) is 5.03. The van der Waals surface area contributed by atoms with Crippen LogP contribution >= 0.6 is 0 Å². The van der Waals surface area contributed by atoms with Crippen LogP contribution in [0.1, 0.15) is 52.7 Å². The van der Waals surface area contributed by atoms with Gasteiger partial charge in [0.2, 0.25) is 5.88 Å². The van der Waals surface area contributed by atoms with Crippen molar-refractivity contribution in [3.05, 3.63) is 23.9 Å². The summed E-state index contributed by atoms with van der Waals surface area (Å²) in [6, 6.07) is 5.93. The lowest BCUT2D eigenvalue weighted by Gasteiger charge is -2.07. The van der Waals surface area contributed by atoms with Crippen molar-refractivity contribution < 1.29 is 4.74 Å². The summed E-state index contributed by atoms with van der Waals surface area (Å²) in [5.74, 6) is 1.87. The summed E-state index contributed by atoms with van der Waals surface area (Å²) in [4.78, 5) is 4.39. The topological polar surface area (TPSA) is 48.1 Å². The second-order valence-electron chi connectivity index (χ2n) is 5.03. The van der Waals surface area contributed by atoms with Gasteiger partial charge in [-0.2, -0.15) is 0 Å². The Labute approximate surface area is 112 Å². The number of nitrogens with zero attached hydrogens (tertiary/aromatic N) is 1. The first-order chi connectivity index (χ1) is 8.51. The fourth-order valence-corrected chi connectivity index (χ4v) is 1.04. The van der Waals surface area contributed by atoms with Gasteiger partial charge < -0.3 is 10.5 Å². The number of pyridine rings is 1. The molecule has 0 radical (unpaired) electrons. The number of rotatable bonds is 5. The standard InChI is InChI=1S/C11H17NO.C4H11N/c1-4-8-13-11-7-5-6-10(12-11)9(2)3;1-4(2)3-5/h5-7,9H,4,8H2,1-3H3;4H,3,5H2,1-2H3. The highest BCUT2D eigenvalue weighted by molar-refractivity contribution is 5.17. The third-order valence-corrected chi connectivity index (χ3v) is 2.26. The maximum Gasteiger partial charge on any atom is 0.213 e. The van der Waals surface area contributed by atoms with E-state index in [1.54, 1.807) is 0 Å². The molecule has 0 aliphatic rings. The molecule has 0 atom stereocenters. The monoisotopic (exact) mass is 252 g/mol. The van der Waals surface area contributed by atoms with E-state index in [0.29, 0.717) is 11.8 Å². The minimum atomic E-state index is 0.463. The molecular weight excluding hydrogens is 224 g/mol. The van der Waals surface area contributed by atoms with Crippen LogP contribution in [0, 0.1) is 5.92 Å². The van der Waals surface area contributed by atoms with Crippen LogP contribution in [0.15, 0.2) is 18.2 Å². The molecule has 2 N–H and O–H groups in total. The van der Waals surface area contributed by atoms with Crippen molar-refractivity contribution in [2.45, 2.75) is 47.0 Å². The van der Waals surface area contributed by atoms with E-state index in [0.717, 1.165) is 31.1 Å². The van der Waals surface area contributed by atoms with Crippen molar-refractivity contribution in [3.63, 3.8) is 0 Å². The summed E-state index contributed by atoms with van der Waals surface area (Å²) in [6.07, 6.45) is 1.02. The summed E-state index contributed by atoms with van der Waals surface area (Å²) in [5, 5.41) is 0. The first-order valence-corrected chi connectivity index (χ1v) is 6.81. The van der Waals surface area contributed by atoms with E-state index in [4.69, 9.17) is 10.5 Å². The van der Waals surface area contributed by atoms with Crippen LogP contribution in [-0.4, -0.2) is 18.1 Å². The van der Waals surface area contributed by atoms with Crippen molar-refractivity contribution >= 4 is 0 Å². The van der Waals surface area contributed by atoms with Gasteiger partial charge in [-0.05, 0) is 30.9 Å². The molecule has 1 aromatic heterocycles. The SMILES string of the molecule is CC(C)CN.CCCOc1cccc(C(C)C)n1. The Kier molecular flexibility index (Phi) is 9.29. The Hall–Kier alpha value is -1.09. The number of nitrogens with two attached hydrogens (primary N) is 1. The van der Waals surface area contributed by atoms with E-state index < -0.39 is 0 Å². The zero-order valence-corrected chi connectivity index (χ0v) is 12.4. The van der Waals surface area contributed by atoms with Gasteiger partial charge >= 0.3 is 0 Å². The lowest BCUT2D eigenvalue weighted by Crippen LogP contribution is -2.05. The van der Waals surface area contributed by atoms with Crippen molar-refractivity contribution in [1.29, 1.82) is 0 Å². The van der Waals surface area contributed by atoms with E-state index in [1.165, 1.54) is 0 Å². The molecule has 3 nitrogen and oxygen atoms in total. The molecule has 1 heterocycles. The van der Waals surface area contributed by atoms with Gasteiger partial charge in [-0.3, -0.25) is 0 Å². The van der Waals surface area contributed by atoms with Gasteiger partial charge in [0.05, 0.1) is 6.61 Å². The number of aromatic nitrogens is 1. The minimum Gasteiger partial charge on any atom is -0.478 e. The smallest absolute Gasteiger partial charge is 0.213 e.